The number of carbonyl (C=O) groups is 3. The van der Waals surface area contributed by atoms with E-state index in [1.54, 1.807) is 11.9 Å². The zero-order valence-corrected chi connectivity index (χ0v) is 18.7. The van der Waals surface area contributed by atoms with Crippen LogP contribution in [0.15, 0.2) is 0 Å². The Hall–Kier alpha value is -0.708. The Kier molecular flexibility index (Phi) is 6.04. The van der Waals surface area contributed by atoms with Crippen molar-refractivity contribution in [2.24, 2.45) is 11.8 Å². The van der Waals surface area contributed by atoms with Crippen LogP contribution in [0.5, 0.6) is 0 Å². The molecular formula is C15H24N3O4Tl. The second kappa shape index (κ2) is 7.46. The molecule has 7 nitrogen and oxygen atoms in total. The molecule has 0 aliphatic carbocycles. The normalized spacial score (nSPS) is 27.7. The number of hydrogen-bond donors (Lipinski definition) is 0. The number of methoxy groups -OCH3 is 1. The quantitative estimate of drug-likeness (QED) is 0.275. The summed E-state index contributed by atoms with van der Waals surface area (Å²) in [6.07, 6.45) is 0.664. The summed E-state index contributed by atoms with van der Waals surface area (Å²) in [6.45, 7) is 5.74. The molecule has 0 aromatic carbocycles. The van der Waals surface area contributed by atoms with Gasteiger partial charge in [0, 0.05) is 0 Å². The van der Waals surface area contributed by atoms with Gasteiger partial charge in [-0.2, -0.15) is 0 Å². The van der Waals surface area contributed by atoms with Crippen molar-refractivity contribution in [1.29, 1.82) is 0 Å². The van der Waals surface area contributed by atoms with Gasteiger partial charge in [0.15, 0.2) is 0 Å². The molecule has 0 radical (unpaired) electrons. The topological polar surface area (TPSA) is 69.9 Å². The van der Waals surface area contributed by atoms with Gasteiger partial charge >= 0.3 is 153 Å². The van der Waals surface area contributed by atoms with Crippen molar-refractivity contribution in [2.75, 3.05) is 33.8 Å². The van der Waals surface area contributed by atoms with Gasteiger partial charge in [0.1, 0.15) is 0 Å². The summed E-state index contributed by atoms with van der Waals surface area (Å²) in [5.41, 5.74) is 0. The number of likely N-dealkylation sites (N-methyl/N-ethyl adjacent to an activating group) is 1. The molecule has 2 rings (SSSR count). The molecule has 0 aromatic heterocycles. The Balaban J connectivity index is 1.97. The molecule has 2 aliphatic rings. The monoisotopic (exact) mass is 515 g/mol. The minimum absolute atomic E-state index is 0.0263. The van der Waals surface area contributed by atoms with Crippen LogP contribution in [0, 0.1) is 11.8 Å². The van der Waals surface area contributed by atoms with Gasteiger partial charge in [0.25, 0.3) is 0 Å². The molecule has 8 heteroatoms. The zero-order chi connectivity index (χ0) is 17.3. The molecule has 2 aliphatic heterocycles. The van der Waals surface area contributed by atoms with Gasteiger partial charge in [-0.3, -0.25) is 0 Å². The molecule has 23 heavy (non-hydrogen) atoms. The molecule has 2 heterocycles. The molecule has 2 fully saturated rings. The second-order valence-corrected chi connectivity index (χ2v) is 9.22. The van der Waals surface area contributed by atoms with Gasteiger partial charge in [0.2, 0.25) is 0 Å². The fraction of sp³-hybridized carbons (Fsp3) is 0.800. The molecule has 2 saturated heterocycles. The van der Waals surface area contributed by atoms with Crippen molar-refractivity contribution in [2.45, 2.75) is 32.4 Å². The number of likely N-dealkylation sites (tertiary alicyclic amines) is 1. The van der Waals surface area contributed by atoms with Crippen molar-refractivity contribution < 1.29 is 19.1 Å². The third-order valence-electron chi connectivity index (χ3n) is 4.62. The first-order chi connectivity index (χ1) is 10.8. The third-order valence-corrected chi connectivity index (χ3v) is 6.84. The van der Waals surface area contributed by atoms with E-state index < -0.39 is 12.0 Å². The van der Waals surface area contributed by atoms with Crippen LogP contribution in [-0.2, 0) is 19.1 Å². The SMILES string of the molecule is COC(=O)[C@H](C(C)C)N(C)C(=O)[C@H]1CCN(C(=O)[C@H]2C[N]2[Tl])C1. The number of rotatable bonds is 5. The molecule has 0 saturated carbocycles. The van der Waals surface area contributed by atoms with E-state index in [4.69, 9.17) is 4.74 Å². The summed E-state index contributed by atoms with van der Waals surface area (Å²) in [5.74, 6) is -0.573. The predicted molar refractivity (Wildman–Crippen MR) is 84.3 cm³/mol. The Bertz CT molecular complexity index is 499. The molecule has 0 N–H and O–H groups in total. The average Bonchev–Trinajstić information content (AvgIpc) is 3.03. The number of carbonyl (C=O) groups excluding carboxylic acids is 3. The number of ether oxygens (including phenoxy) is 1. The second-order valence-electron chi connectivity index (χ2n) is 6.64. The van der Waals surface area contributed by atoms with E-state index in [0.29, 0.717) is 45.6 Å². The van der Waals surface area contributed by atoms with E-state index in [1.807, 2.05) is 13.8 Å². The summed E-state index contributed by atoms with van der Waals surface area (Å²) in [4.78, 5) is 40.2. The summed E-state index contributed by atoms with van der Waals surface area (Å²) < 4.78 is 6.97. The van der Waals surface area contributed by atoms with E-state index in [9.17, 15) is 14.4 Å². The van der Waals surface area contributed by atoms with E-state index in [1.165, 1.54) is 12.0 Å². The maximum atomic E-state index is 12.7. The molecule has 0 spiro atoms. The van der Waals surface area contributed by atoms with E-state index in [0.717, 1.165) is 6.54 Å². The van der Waals surface area contributed by atoms with Gasteiger partial charge in [-0.1, -0.05) is 0 Å². The zero-order valence-electron chi connectivity index (χ0n) is 14.2. The Morgan fingerprint density at radius 3 is 2.35 bits per heavy atom. The van der Waals surface area contributed by atoms with Crippen molar-refractivity contribution in [3.05, 3.63) is 0 Å². The van der Waals surface area contributed by atoms with E-state index >= 15 is 0 Å². The van der Waals surface area contributed by atoms with Crippen LogP contribution in [0.4, 0.5) is 0 Å². The number of esters is 1. The number of nitrogens with zero attached hydrogens (tertiary/aromatic N) is 3. The van der Waals surface area contributed by atoms with Gasteiger partial charge in [0.05, 0.1) is 0 Å². The van der Waals surface area contributed by atoms with Crippen LogP contribution in [-0.4, -0.2) is 102 Å². The number of amides is 2. The van der Waals surface area contributed by atoms with Gasteiger partial charge in [-0.15, -0.1) is 0 Å². The van der Waals surface area contributed by atoms with Crippen LogP contribution in [0.2, 0.25) is 0 Å². The van der Waals surface area contributed by atoms with Crippen LogP contribution in [0.25, 0.3) is 0 Å². The summed E-state index contributed by atoms with van der Waals surface area (Å²) in [6, 6.07) is -0.524. The Labute approximate surface area is 153 Å². The molecule has 0 aromatic rings. The first-order valence-electron chi connectivity index (χ1n) is 7.92. The molecule has 0 bridgehead atoms. The first-order valence-corrected chi connectivity index (χ1v) is 9.93. The third kappa shape index (κ3) is 4.04. The van der Waals surface area contributed by atoms with Crippen molar-refractivity contribution >= 4 is 43.8 Å². The van der Waals surface area contributed by atoms with Crippen molar-refractivity contribution in [3.8, 4) is 0 Å². The fourth-order valence-electron chi connectivity index (χ4n) is 3.17. The van der Waals surface area contributed by atoms with Gasteiger partial charge in [-0.05, 0) is 0 Å². The van der Waals surface area contributed by atoms with Crippen LogP contribution in [0.1, 0.15) is 20.3 Å². The van der Waals surface area contributed by atoms with Crippen molar-refractivity contribution in [3.63, 3.8) is 0 Å². The maximum absolute atomic E-state index is 12.7. The summed E-state index contributed by atoms with van der Waals surface area (Å²) in [7, 11) is 2.98. The fourth-order valence-corrected chi connectivity index (χ4v) is 4.44. The molecule has 126 valence electrons. The van der Waals surface area contributed by atoms with E-state index in [-0.39, 0.29) is 29.7 Å². The van der Waals surface area contributed by atoms with E-state index in [2.05, 4.69) is 2.71 Å². The first kappa shape index (κ1) is 18.6. The van der Waals surface area contributed by atoms with Crippen LogP contribution in [0.3, 0.4) is 0 Å². The molecule has 4 atom stereocenters. The standard InChI is InChI=1S/C15H24N3O4.Tl/c1-9(2)12(15(21)22-4)17(3)13(19)10-5-6-18(8-10)14(20)11-7-16-11;/h9-12H,5-8H2,1-4H3;/q-1;+1/t10-,11+,12-;/m0./s1. The van der Waals surface area contributed by atoms with Crippen LogP contribution < -0.4 is 0 Å². The number of hydrogen-bond acceptors (Lipinski definition) is 5. The Morgan fingerprint density at radius 1 is 1.26 bits per heavy atom. The molecule has 1 unspecified atom stereocenters. The average molecular weight is 515 g/mol. The molecular weight excluding hydrogens is 491 g/mol. The minimum atomic E-state index is -0.584. The van der Waals surface area contributed by atoms with Gasteiger partial charge < -0.3 is 0 Å². The predicted octanol–water partition coefficient (Wildman–Crippen LogP) is -0.741. The molecule has 2 amide bonds. The Morgan fingerprint density at radius 2 is 1.87 bits per heavy atom. The summed E-state index contributed by atoms with van der Waals surface area (Å²) in [5, 5.41) is 0. The van der Waals surface area contributed by atoms with Crippen molar-refractivity contribution in [1.82, 2.24) is 12.5 Å². The summed E-state index contributed by atoms with van der Waals surface area (Å²) >= 11 is 0.701. The van der Waals surface area contributed by atoms with Gasteiger partial charge in [-0.25, -0.2) is 0 Å². The van der Waals surface area contributed by atoms with Crippen LogP contribution >= 0.6 is 0 Å².